The quantitative estimate of drug-likeness (QED) is 0.850. The molecule has 7 heteroatoms. The van der Waals surface area contributed by atoms with Crippen LogP contribution in [-0.4, -0.2) is 8.42 Å². The Morgan fingerprint density at radius 2 is 1.63 bits per heavy atom. The van der Waals surface area contributed by atoms with Crippen LogP contribution in [0.5, 0.6) is 0 Å². The number of nitrogens with one attached hydrogen (secondary N) is 1. The lowest BCUT2D eigenvalue weighted by Crippen LogP contribution is -2.15. The fourth-order valence-electron chi connectivity index (χ4n) is 1.45. The molecule has 0 aliphatic rings. The lowest BCUT2D eigenvalue weighted by Gasteiger charge is -2.09. The molecule has 3 N–H and O–H groups in total. The number of hydrogen-bond donors (Lipinski definition) is 2. The average molecular weight is 284 g/mol. The van der Waals surface area contributed by atoms with Gasteiger partial charge in [-0.1, -0.05) is 0 Å². The van der Waals surface area contributed by atoms with Crippen molar-refractivity contribution in [1.29, 1.82) is 0 Å². The molecule has 0 aliphatic heterocycles. The summed E-state index contributed by atoms with van der Waals surface area (Å²) in [7, 11) is -4.11. The second kappa shape index (κ2) is 4.85. The summed E-state index contributed by atoms with van der Waals surface area (Å²) in [6, 6.07) is 7.89. The number of nitrogen functional groups attached to an aromatic ring is 1. The van der Waals surface area contributed by atoms with Gasteiger partial charge in [0.05, 0.1) is 0 Å². The van der Waals surface area contributed by atoms with Crippen molar-refractivity contribution in [2.75, 3.05) is 10.5 Å². The molecule has 2 aromatic rings. The van der Waals surface area contributed by atoms with Gasteiger partial charge in [0.2, 0.25) is 0 Å². The summed E-state index contributed by atoms with van der Waals surface area (Å²) >= 11 is 0. The van der Waals surface area contributed by atoms with Gasteiger partial charge < -0.3 is 5.73 Å². The smallest absolute Gasteiger partial charge is 0.264 e. The Morgan fingerprint density at radius 3 is 2.26 bits per heavy atom. The van der Waals surface area contributed by atoms with E-state index in [9.17, 15) is 17.2 Å². The molecule has 0 saturated heterocycles. The van der Waals surface area contributed by atoms with Crippen LogP contribution in [0.1, 0.15) is 0 Å². The molecule has 2 aromatic carbocycles. The summed E-state index contributed by atoms with van der Waals surface area (Å²) < 4.78 is 52.3. The van der Waals surface area contributed by atoms with Gasteiger partial charge in [0.25, 0.3) is 10.0 Å². The minimum atomic E-state index is -4.11. The molecule has 100 valence electrons. The number of hydrogen-bond acceptors (Lipinski definition) is 3. The molecule has 0 saturated carbocycles. The van der Waals surface area contributed by atoms with Crippen LogP contribution in [-0.2, 0) is 10.0 Å². The number of benzene rings is 2. The van der Waals surface area contributed by atoms with Crippen molar-refractivity contribution in [3.05, 3.63) is 54.1 Å². The van der Waals surface area contributed by atoms with Crippen LogP contribution >= 0.6 is 0 Å². The Bertz CT molecular complexity index is 700. The molecule has 2 rings (SSSR count). The van der Waals surface area contributed by atoms with Crippen LogP contribution in [0.25, 0.3) is 0 Å². The highest BCUT2D eigenvalue weighted by atomic mass is 32.2. The number of anilines is 2. The number of nitrogens with two attached hydrogens (primary N) is 1. The van der Waals surface area contributed by atoms with E-state index < -0.39 is 26.6 Å². The Kier molecular flexibility index (Phi) is 3.39. The van der Waals surface area contributed by atoms with Crippen molar-refractivity contribution in [2.45, 2.75) is 4.90 Å². The fraction of sp³-hybridized carbons (Fsp3) is 0. The van der Waals surface area contributed by atoms with Gasteiger partial charge in [0.15, 0.2) is 0 Å². The average Bonchev–Trinajstić information content (AvgIpc) is 2.35. The molecule has 0 atom stereocenters. The molecular weight excluding hydrogens is 274 g/mol. The van der Waals surface area contributed by atoms with Gasteiger partial charge in [-0.25, -0.2) is 17.2 Å². The van der Waals surface area contributed by atoms with Gasteiger partial charge in [-0.05, 0) is 42.5 Å². The lowest BCUT2D eigenvalue weighted by atomic mass is 10.3. The van der Waals surface area contributed by atoms with Gasteiger partial charge in [-0.2, -0.15) is 0 Å². The highest BCUT2D eigenvalue weighted by molar-refractivity contribution is 7.92. The third-order valence-electron chi connectivity index (χ3n) is 2.34. The van der Waals surface area contributed by atoms with E-state index in [1.807, 2.05) is 0 Å². The highest BCUT2D eigenvalue weighted by Gasteiger charge is 2.19. The fourth-order valence-corrected chi connectivity index (χ4v) is 2.63. The maximum Gasteiger partial charge on any atom is 0.264 e. The zero-order valence-electron chi connectivity index (χ0n) is 9.60. The minimum Gasteiger partial charge on any atom is -0.399 e. The Balaban J connectivity index is 2.37. The molecule has 4 nitrogen and oxygen atoms in total. The van der Waals surface area contributed by atoms with Crippen molar-refractivity contribution < 1.29 is 17.2 Å². The van der Waals surface area contributed by atoms with Crippen molar-refractivity contribution in [2.24, 2.45) is 0 Å². The van der Waals surface area contributed by atoms with E-state index >= 15 is 0 Å². The Hall–Kier alpha value is -2.15. The van der Waals surface area contributed by atoms with E-state index in [1.54, 1.807) is 0 Å². The van der Waals surface area contributed by atoms with E-state index in [0.29, 0.717) is 0 Å². The first-order valence-corrected chi connectivity index (χ1v) is 6.70. The van der Waals surface area contributed by atoms with E-state index in [4.69, 9.17) is 5.73 Å². The standard InChI is InChI=1S/C12H10F2N2O2S/c13-8-1-4-10(5-2-8)16-19(17,18)12-7-9(15)3-6-11(12)14/h1-7,16H,15H2. The predicted octanol–water partition coefficient (Wildman–Crippen LogP) is 2.35. The molecular formula is C12H10F2N2O2S. The minimum absolute atomic E-state index is 0.126. The third kappa shape index (κ3) is 3.00. The Labute approximate surface area is 108 Å². The molecule has 0 heterocycles. The van der Waals surface area contributed by atoms with Crippen molar-refractivity contribution in [3.8, 4) is 0 Å². The first-order chi connectivity index (χ1) is 8.88. The second-order valence-corrected chi connectivity index (χ2v) is 5.45. The molecule has 0 fully saturated rings. The molecule has 0 radical (unpaired) electrons. The van der Waals surface area contributed by atoms with Crippen molar-refractivity contribution in [3.63, 3.8) is 0 Å². The molecule has 0 aromatic heterocycles. The maximum absolute atomic E-state index is 13.5. The van der Waals surface area contributed by atoms with E-state index in [1.165, 1.54) is 18.2 Å². The SMILES string of the molecule is Nc1ccc(F)c(S(=O)(=O)Nc2ccc(F)cc2)c1. The van der Waals surface area contributed by atoms with E-state index in [-0.39, 0.29) is 11.4 Å². The zero-order valence-corrected chi connectivity index (χ0v) is 10.4. The molecule has 0 bridgehead atoms. The monoisotopic (exact) mass is 284 g/mol. The van der Waals surface area contributed by atoms with Crippen LogP contribution in [0.3, 0.4) is 0 Å². The van der Waals surface area contributed by atoms with Gasteiger partial charge in [-0.3, -0.25) is 4.72 Å². The molecule has 0 spiro atoms. The van der Waals surface area contributed by atoms with Crippen LogP contribution in [0.2, 0.25) is 0 Å². The van der Waals surface area contributed by atoms with Gasteiger partial charge in [0, 0.05) is 11.4 Å². The number of rotatable bonds is 3. The largest absolute Gasteiger partial charge is 0.399 e. The second-order valence-electron chi connectivity index (χ2n) is 3.80. The van der Waals surface area contributed by atoms with E-state index in [2.05, 4.69) is 4.72 Å². The zero-order chi connectivity index (χ0) is 14.0. The summed E-state index contributed by atoms with van der Waals surface area (Å²) in [5.41, 5.74) is 5.68. The van der Waals surface area contributed by atoms with E-state index in [0.717, 1.165) is 24.3 Å². The van der Waals surface area contributed by atoms with Crippen molar-refractivity contribution >= 4 is 21.4 Å². The summed E-state index contributed by atoms with van der Waals surface area (Å²) in [5.74, 6) is -1.41. The first kappa shape index (κ1) is 13.3. The highest BCUT2D eigenvalue weighted by Crippen LogP contribution is 2.21. The first-order valence-electron chi connectivity index (χ1n) is 5.22. The lowest BCUT2D eigenvalue weighted by molar-refractivity contribution is 0.570. The summed E-state index contributed by atoms with van der Waals surface area (Å²) in [6.45, 7) is 0. The molecule has 0 aliphatic carbocycles. The van der Waals surface area contributed by atoms with Crippen LogP contribution in [0, 0.1) is 11.6 Å². The summed E-state index contributed by atoms with van der Waals surface area (Å²) in [6.07, 6.45) is 0. The van der Waals surface area contributed by atoms with Crippen molar-refractivity contribution in [1.82, 2.24) is 0 Å². The van der Waals surface area contributed by atoms with Gasteiger partial charge in [-0.15, -0.1) is 0 Å². The molecule has 19 heavy (non-hydrogen) atoms. The number of sulfonamides is 1. The predicted molar refractivity (Wildman–Crippen MR) is 68.0 cm³/mol. The van der Waals surface area contributed by atoms with Gasteiger partial charge in [0.1, 0.15) is 16.5 Å². The summed E-state index contributed by atoms with van der Waals surface area (Å²) in [5, 5.41) is 0. The third-order valence-corrected chi connectivity index (χ3v) is 3.74. The van der Waals surface area contributed by atoms with Crippen LogP contribution < -0.4 is 10.5 Å². The number of halogens is 2. The van der Waals surface area contributed by atoms with Crippen LogP contribution in [0.15, 0.2) is 47.4 Å². The Morgan fingerprint density at radius 1 is 1.00 bits per heavy atom. The summed E-state index contributed by atoms with van der Waals surface area (Å²) in [4.78, 5) is -0.558. The molecule has 0 amide bonds. The van der Waals surface area contributed by atoms with Crippen LogP contribution in [0.4, 0.5) is 20.2 Å². The van der Waals surface area contributed by atoms with Gasteiger partial charge >= 0.3 is 0 Å². The topological polar surface area (TPSA) is 72.2 Å². The maximum atomic E-state index is 13.5. The molecule has 0 unspecified atom stereocenters. The normalized spacial score (nSPS) is 11.3.